The van der Waals surface area contributed by atoms with Gasteiger partial charge in [0.05, 0.1) is 11.0 Å². The molecule has 1 atom stereocenters. The van der Waals surface area contributed by atoms with Crippen molar-refractivity contribution in [3.8, 4) is 0 Å². The third-order valence-electron chi connectivity index (χ3n) is 3.14. The van der Waals surface area contributed by atoms with Gasteiger partial charge in [0, 0.05) is 6.54 Å². The average molecular weight is 257 g/mol. The Morgan fingerprint density at radius 3 is 2.76 bits per heavy atom. The van der Waals surface area contributed by atoms with Crippen LogP contribution in [0.4, 0.5) is 4.39 Å². The van der Waals surface area contributed by atoms with Gasteiger partial charge in [0.15, 0.2) is 9.84 Å². The molecule has 1 N–H and O–H groups in total. The van der Waals surface area contributed by atoms with Crippen LogP contribution in [-0.4, -0.2) is 32.5 Å². The normalized spacial score (nSPS) is 20.6. The molecule has 1 aliphatic heterocycles. The molecule has 1 aromatic carbocycles. The Morgan fingerprint density at radius 1 is 1.35 bits per heavy atom. The first-order valence-electron chi connectivity index (χ1n) is 5.75. The van der Waals surface area contributed by atoms with Crippen molar-refractivity contribution in [1.82, 2.24) is 5.32 Å². The van der Waals surface area contributed by atoms with E-state index in [1.54, 1.807) is 18.2 Å². The smallest absolute Gasteiger partial charge is 0.154 e. The van der Waals surface area contributed by atoms with E-state index < -0.39 is 9.84 Å². The number of halogens is 1. The fourth-order valence-corrected chi connectivity index (χ4v) is 3.74. The largest absolute Gasteiger partial charge is 0.315 e. The molecule has 1 fully saturated rings. The molecular weight excluding hydrogens is 241 g/mol. The van der Waals surface area contributed by atoms with Gasteiger partial charge in [0.2, 0.25) is 0 Å². The maximum absolute atomic E-state index is 13.3. The SMILES string of the molecule is O=S(=O)(CCc1ccccc1F)C1CCNC1. The lowest BCUT2D eigenvalue weighted by Crippen LogP contribution is -2.27. The van der Waals surface area contributed by atoms with Gasteiger partial charge in [-0.1, -0.05) is 18.2 Å². The summed E-state index contributed by atoms with van der Waals surface area (Å²) in [6, 6.07) is 6.33. The van der Waals surface area contributed by atoms with Crippen molar-refractivity contribution in [3.05, 3.63) is 35.6 Å². The van der Waals surface area contributed by atoms with Crippen molar-refractivity contribution >= 4 is 9.84 Å². The number of rotatable bonds is 4. The summed E-state index contributed by atoms with van der Waals surface area (Å²) in [4.78, 5) is 0. The second-order valence-corrected chi connectivity index (χ2v) is 6.72. The highest BCUT2D eigenvalue weighted by atomic mass is 32.2. The summed E-state index contributed by atoms with van der Waals surface area (Å²) in [5.74, 6) is -0.299. The van der Waals surface area contributed by atoms with Crippen molar-refractivity contribution in [2.45, 2.75) is 18.1 Å². The topological polar surface area (TPSA) is 46.2 Å². The number of nitrogens with one attached hydrogen (secondary N) is 1. The Hall–Kier alpha value is -0.940. The lowest BCUT2D eigenvalue weighted by atomic mass is 10.2. The number of sulfone groups is 1. The minimum absolute atomic E-state index is 0.0281. The monoisotopic (exact) mass is 257 g/mol. The van der Waals surface area contributed by atoms with Gasteiger partial charge in [-0.05, 0) is 31.0 Å². The Kier molecular flexibility index (Phi) is 3.79. The van der Waals surface area contributed by atoms with Crippen molar-refractivity contribution in [1.29, 1.82) is 0 Å². The number of benzene rings is 1. The molecule has 1 unspecified atom stereocenters. The van der Waals surface area contributed by atoms with Crippen molar-refractivity contribution < 1.29 is 12.8 Å². The van der Waals surface area contributed by atoms with Crippen LogP contribution in [0.5, 0.6) is 0 Å². The minimum Gasteiger partial charge on any atom is -0.315 e. The lowest BCUT2D eigenvalue weighted by Gasteiger charge is -2.10. The van der Waals surface area contributed by atoms with E-state index in [1.807, 2.05) is 0 Å². The second kappa shape index (κ2) is 5.14. The zero-order valence-corrected chi connectivity index (χ0v) is 10.3. The van der Waals surface area contributed by atoms with Gasteiger partial charge in [-0.25, -0.2) is 12.8 Å². The zero-order chi connectivity index (χ0) is 12.3. The highest BCUT2D eigenvalue weighted by Crippen LogP contribution is 2.14. The fraction of sp³-hybridized carbons (Fsp3) is 0.500. The Bertz CT molecular complexity index is 481. The van der Waals surface area contributed by atoms with Crippen LogP contribution in [-0.2, 0) is 16.3 Å². The fourth-order valence-electron chi connectivity index (χ4n) is 2.05. The summed E-state index contributed by atoms with van der Waals surface area (Å²) >= 11 is 0. The van der Waals surface area contributed by atoms with Crippen LogP contribution in [0.1, 0.15) is 12.0 Å². The number of hydrogen-bond donors (Lipinski definition) is 1. The van der Waals surface area contributed by atoms with E-state index >= 15 is 0 Å². The van der Waals surface area contributed by atoms with E-state index in [0.29, 0.717) is 18.5 Å². The van der Waals surface area contributed by atoms with Crippen LogP contribution >= 0.6 is 0 Å². The molecule has 1 aliphatic rings. The summed E-state index contributed by atoms with van der Waals surface area (Å²) in [5, 5.41) is 2.74. The van der Waals surface area contributed by atoms with Gasteiger partial charge < -0.3 is 5.32 Å². The molecule has 0 amide bonds. The molecule has 1 aromatic rings. The van der Waals surface area contributed by atoms with E-state index in [1.165, 1.54) is 6.07 Å². The van der Waals surface area contributed by atoms with Crippen LogP contribution < -0.4 is 5.32 Å². The lowest BCUT2D eigenvalue weighted by molar-refractivity contribution is 0.579. The highest BCUT2D eigenvalue weighted by Gasteiger charge is 2.28. The van der Waals surface area contributed by atoms with Crippen LogP contribution in [0, 0.1) is 5.82 Å². The Balaban J connectivity index is 2.00. The first kappa shape index (κ1) is 12.5. The molecule has 17 heavy (non-hydrogen) atoms. The van der Waals surface area contributed by atoms with Crippen molar-refractivity contribution in [2.24, 2.45) is 0 Å². The van der Waals surface area contributed by atoms with E-state index in [4.69, 9.17) is 0 Å². The molecule has 0 spiro atoms. The van der Waals surface area contributed by atoms with Gasteiger partial charge in [0.1, 0.15) is 5.82 Å². The van der Waals surface area contributed by atoms with E-state index in [2.05, 4.69) is 5.32 Å². The molecule has 0 bridgehead atoms. The molecule has 0 radical (unpaired) electrons. The van der Waals surface area contributed by atoms with Crippen LogP contribution in [0.2, 0.25) is 0 Å². The second-order valence-electron chi connectivity index (χ2n) is 4.32. The summed E-state index contributed by atoms with van der Waals surface area (Å²) < 4.78 is 37.2. The standard InChI is InChI=1S/C12H16FNO2S/c13-12-4-2-1-3-10(12)6-8-17(15,16)11-5-7-14-9-11/h1-4,11,14H,5-9H2. The maximum Gasteiger partial charge on any atom is 0.154 e. The molecule has 1 saturated heterocycles. The molecule has 1 heterocycles. The predicted molar refractivity (Wildman–Crippen MR) is 65.2 cm³/mol. The first-order chi connectivity index (χ1) is 8.09. The van der Waals surface area contributed by atoms with Gasteiger partial charge in [-0.2, -0.15) is 0 Å². The van der Waals surface area contributed by atoms with Gasteiger partial charge in [-0.3, -0.25) is 0 Å². The summed E-state index contributed by atoms with van der Waals surface area (Å²) in [5.41, 5.74) is 0.474. The summed E-state index contributed by atoms with van der Waals surface area (Å²) in [6.45, 7) is 1.28. The van der Waals surface area contributed by atoms with Crippen LogP contribution in [0.3, 0.4) is 0 Å². The van der Waals surface area contributed by atoms with E-state index in [-0.39, 0.29) is 23.2 Å². The van der Waals surface area contributed by atoms with Crippen LogP contribution in [0.25, 0.3) is 0 Å². The number of aryl methyl sites for hydroxylation is 1. The maximum atomic E-state index is 13.3. The molecule has 94 valence electrons. The minimum atomic E-state index is -3.10. The predicted octanol–water partition coefficient (Wildman–Crippen LogP) is 1.14. The first-order valence-corrected chi connectivity index (χ1v) is 7.47. The van der Waals surface area contributed by atoms with Gasteiger partial charge in [-0.15, -0.1) is 0 Å². The molecule has 5 heteroatoms. The third-order valence-corrected chi connectivity index (χ3v) is 5.33. The Morgan fingerprint density at radius 2 is 2.12 bits per heavy atom. The van der Waals surface area contributed by atoms with Crippen molar-refractivity contribution in [2.75, 3.05) is 18.8 Å². The van der Waals surface area contributed by atoms with E-state index in [9.17, 15) is 12.8 Å². The molecule has 0 aromatic heterocycles. The van der Waals surface area contributed by atoms with Crippen molar-refractivity contribution in [3.63, 3.8) is 0 Å². The molecule has 3 nitrogen and oxygen atoms in total. The summed E-state index contributed by atoms with van der Waals surface area (Å²) in [7, 11) is -3.10. The molecule has 2 rings (SSSR count). The third kappa shape index (κ3) is 3.04. The van der Waals surface area contributed by atoms with Crippen LogP contribution in [0.15, 0.2) is 24.3 Å². The molecular formula is C12H16FNO2S. The molecule has 0 aliphatic carbocycles. The molecule has 0 saturated carbocycles. The number of hydrogen-bond acceptors (Lipinski definition) is 3. The van der Waals surface area contributed by atoms with E-state index in [0.717, 1.165) is 6.54 Å². The highest BCUT2D eigenvalue weighted by molar-refractivity contribution is 7.92. The summed E-state index contributed by atoms with van der Waals surface area (Å²) in [6.07, 6.45) is 0.922. The Labute approximate surface area is 101 Å². The quantitative estimate of drug-likeness (QED) is 0.880. The average Bonchev–Trinajstić information content (AvgIpc) is 2.82. The van der Waals surface area contributed by atoms with Gasteiger partial charge >= 0.3 is 0 Å². The zero-order valence-electron chi connectivity index (χ0n) is 9.52. The van der Waals surface area contributed by atoms with Gasteiger partial charge in [0.25, 0.3) is 0 Å².